The molecule has 1 atom stereocenters. The van der Waals surface area contributed by atoms with Gasteiger partial charge in [0, 0.05) is 12.0 Å². The van der Waals surface area contributed by atoms with Gasteiger partial charge < -0.3 is 14.6 Å². The molecule has 15 heavy (non-hydrogen) atoms. The minimum atomic E-state index is 0.358. The average molecular weight is 208 g/mol. The second kappa shape index (κ2) is 3.94. The third kappa shape index (κ3) is 1.68. The van der Waals surface area contributed by atoms with Gasteiger partial charge in [-0.2, -0.15) is 0 Å². The Hall–Kier alpha value is -0.870. The molecule has 1 aromatic heterocycles. The van der Waals surface area contributed by atoms with Crippen molar-refractivity contribution in [3.8, 4) is 0 Å². The summed E-state index contributed by atoms with van der Waals surface area (Å²) in [6.45, 7) is 2.53. The Labute approximate surface area is 89.0 Å². The van der Waals surface area contributed by atoms with E-state index in [0.29, 0.717) is 12.6 Å². The Morgan fingerprint density at radius 2 is 2.33 bits per heavy atom. The van der Waals surface area contributed by atoms with Crippen LogP contribution in [-0.4, -0.2) is 18.3 Å². The van der Waals surface area contributed by atoms with Crippen molar-refractivity contribution in [1.29, 1.82) is 0 Å². The Balaban J connectivity index is 1.87. The first kappa shape index (κ1) is 9.36. The first-order valence-corrected chi connectivity index (χ1v) is 5.73. The largest absolute Gasteiger partial charge is 0.376 e. The van der Waals surface area contributed by atoms with Gasteiger partial charge in [-0.05, 0) is 19.4 Å². The molecule has 1 N–H and O–H groups in total. The first-order chi connectivity index (χ1) is 7.45. The fraction of sp³-hybridized carbons (Fsp3) is 0.727. The maximum absolute atomic E-state index is 5.46. The van der Waals surface area contributed by atoms with Crippen molar-refractivity contribution in [3.05, 3.63) is 17.0 Å². The second-order valence-electron chi connectivity index (χ2n) is 4.28. The number of piperidine rings is 1. The van der Waals surface area contributed by atoms with E-state index in [1.54, 1.807) is 0 Å². The molecule has 0 spiro atoms. The number of ether oxygens (including phenoxy) is 1. The van der Waals surface area contributed by atoms with E-state index in [2.05, 4.69) is 10.5 Å². The Bertz CT molecular complexity index is 342. The number of nitrogens with zero attached hydrogens (tertiary/aromatic N) is 1. The van der Waals surface area contributed by atoms with Gasteiger partial charge in [0.25, 0.3) is 0 Å². The quantitative estimate of drug-likeness (QED) is 0.761. The van der Waals surface area contributed by atoms with E-state index in [1.165, 1.54) is 18.4 Å². The minimum Gasteiger partial charge on any atom is -0.376 e. The maximum Gasteiger partial charge on any atom is 0.159 e. The van der Waals surface area contributed by atoms with Crippen LogP contribution < -0.4 is 5.32 Å². The van der Waals surface area contributed by atoms with E-state index in [1.807, 2.05) is 0 Å². The number of aromatic nitrogens is 1. The van der Waals surface area contributed by atoms with E-state index >= 15 is 0 Å². The lowest BCUT2D eigenvalue weighted by Crippen LogP contribution is -2.27. The fourth-order valence-electron chi connectivity index (χ4n) is 2.40. The summed E-state index contributed by atoms with van der Waals surface area (Å²) in [6.07, 6.45) is 4.59. The SMILES string of the molecule is C1CCC(c2onc3c2COCC3)NC1. The van der Waals surface area contributed by atoms with Crippen LogP contribution >= 0.6 is 0 Å². The predicted octanol–water partition coefficient (Wildman–Crippen LogP) is 1.56. The van der Waals surface area contributed by atoms with E-state index < -0.39 is 0 Å². The van der Waals surface area contributed by atoms with Crippen LogP contribution in [0.4, 0.5) is 0 Å². The highest BCUT2D eigenvalue weighted by Crippen LogP contribution is 2.29. The van der Waals surface area contributed by atoms with Crippen molar-refractivity contribution in [3.63, 3.8) is 0 Å². The summed E-state index contributed by atoms with van der Waals surface area (Å²) >= 11 is 0. The highest BCUT2D eigenvalue weighted by molar-refractivity contribution is 5.26. The van der Waals surface area contributed by atoms with Gasteiger partial charge in [0.15, 0.2) is 5.76 Å². The lowest BCUT2D eigenvalue weighted by molar-refractivity contribution is 0.109. The maximum atomic E-state index is 5.46. The van der Waals surface area contributed by atoms with Crippen molar-refractivity contribution in [1.82, 2.24) is 10.5 Å². The van der Waals surface area contributed by atoms with Crippen molar-refractivity contribution < 1.29 is 9.26 Å². The van der Waals surface area contributed by atoms with E-state index in [-0.39, 0.29) is 0 Å². The standard InChI is InChI=1S/C11H16N2O2/c1-2-5-12-10(3-1)11-8-7-14-6-4-9(8)13-15-11/h10,12H,1-7H2. The summed E-state index contributed by atoms with van der Waals surface area (Å²) in [5.41, 5.74) is 2.30. The third-order valence-electron chi connectivity index (χ3n) is 3.26. The van der Waals surface area contributed by atoms with Gasteiger partial charge in [-0.1, -0.05) is 11.6 Å². The zero-order valence-electron chi connectivity index (χ0n) is 8.79. The zero-order chi connectivity index (χ0) is 10.1. The Morgan fingerprint density at radius 1 is 1.33 bits per heavy atom. The van der Waals surface area contributed by atoms with Crippen LogP contribution in [0.1, 0.15) is 42.3 Å². The molecule has 1 unspecified atom stereocenters. The zero-order valence-corrected chi connectivity index (χ0v) is 8.79. The number of nitrogens with one attached hydrogen (secondary N) is 1. The molecule has 1 saturated heterocycles. The molecule has 0 radical (unpaired) electrons. The molecule has 4 heteroatoms. The van der Waals surface area contributed by atoms with Gasteiger partial charge in [0.1, 0.15) is 0 Å². The number of rotatable bonds is 1. The number of hydrogen-bond acceptors (Lipinski definition) is 4. The van der Waals surface area contributed by atoms with Crippen LogP contribution in [0.3, 0.4) is 0 Å². The van der Waals surface area contributed by atoms with Crippen molar-refractivity contribution in [2.45, 2.75) is 38.3 Å². The van der Waals surface area contributed by atoms with Crippen LogP contribution in [0.15, 0.2) is 4.52 Å². The van der Waals surface area contributed by atoms with Crippen LogP contribution in [-0.2, 0) is 17.8 Å². The molecule has 0 bridgehead atoms. The van der Waals surface area contributed by atoms with Crippen molar-refractivity contribution in [2.75, 3.05) is 13.2 Å². The summed E-state index contributed by atoms with van der Waals surface area (Å²) in [7, 11) is 0. The molecule has 0 amide bonds. The van der Waals surface area contributed by atoms with Crippen LogP contribution in [0.25, 0.3) is 0 Å². The first-order valence-electron chi connectivity index (χ1n) is 5.73. The van der Waals surface area contributed by atoms with Gasteiger partial charge in [0.2, 0.25) is 0 Å². The second-order valence-corrected chi connectivity index (χ2v) is 4.28. The molecule has 82 valence electrons. The molecule has 1 aromatic rings. The van der Waals surface area contributed by atoms with Gasteiger partial charge in [0.05, 0.1) is 24.9 Å². The minimum absolute atomic E-state index is 0.358. The lowest BCUT2D eigenvalue weighted by atomic mass is 9.98. The molecular formula is C11H16N2O2. The Morgan fingerprint density at radius 3 is 3.20 bits per heavy atom. The smallest absolute Gasteiger partial charge is 0.159 e. The molecule has 0 aromatic carbocycles. The number of hydrogen-bond donors (Lipinski definition) is 1. The molecule has 3 rings (SSSR count). The lowest BCUT2D eigenvalue weighted by Gasteiger charge is -2.22. The summed E-state index contributed by atoms with van der Waals surface area (Å²) in [5, 5.41) is 7.62. The summed E-state index contributed by atoms with van der Waals surface area (Å²) in [4.78, 5) is 0. The van der Waals surface area contributed by atoms with Crippen molar-refractivity contribution in [2.24, 2.45) is 0 Å². The van der Waals surface area contributed by atoms with E-state index in [9.17, 15) is 0 Å². The predicted molar refractivity (Wildman–Crippen MR) is 54.5 cm³/mol. The topological polar surface area (TPSA) is 47.3 Å². The molecule has 4 nitrogen and oxygen atoms in total. The normalized spacial score (nSPS) is 26.3. The monoisotopic (exact) mass is 208 g/mol. The number of fused-ring (bicyclic) bond motifs is 1. The van der Waals surface area contributed by atoms with Gasteiger partial charge in [-0.25, -0.2) is 0 Å². The fourth-order valence-corrected chi connectivity index (χ4v) is 2.40. The van der Waals surface area contributed by atoms with Crippen molar-refractivity contribution >= 4 is 0 Å². The summed E-state index contributed by atoms with van der Waals surface area (Å²) in [5.74, 6) is 1.02. The Kier molecular flexibility index (Phi) is 2.46. The summed E-state index contributed by atoms with van der Waals surface area (Å²) in [6, 6.07) is 0.358. The third-order valence-corrected chi connectivity index (χ3v) is 3.26. The molecule has 0 saturated carbocycles. The van der Waals surface area contributed by atoms with E-state index in [4.69, 9.17) is 9.26 Å². The molecular weight excluding hydrogens is 192 g/mol. The molecule has 3 heterocycles. The van der Waals surface area contributed by atoms with Gasteiger partial charge in [-0.3, -0.25) is 0 Å². The molecule has 2 aliphatic heterocycles. The van der Waals surface area contributed by atoms with E-state index in [0.717, 1.165) is 37.4 Å². The summed E-state index contributed by atoms with van der Waals surface area (Å²) < 4.78 is 10.9. The van der Waals surface area contributed by atoms with Crippen LogP contribution in [0, 0.1) is 0 Å². The average Bonchev–Trinajstić information content (AvgIpc) is 2.74. The highest BCUT2D eigenvalue weighted by atomic mass is 16.5. The molecule has 2 aliphatic rings. The molecule has 1 fully saturated rings. The van der Waals surface area contributed by atoms with Gasteiger partial charge >= 0.3 is 0 Å². The van der Waals surface area contributed by atoms with Gasteiger partial charge in [-0.15, -0.1) is 0 Å². The highest BCUT2D eigenvalue weighted by Gasteiger charge is 2.26. The van der Waals surface area contributed by atoms with Crippen LogP contribution in [0.5, 0.6) is 0 Å². The molecule has 0 aliphatic carbocycles. The van der Waals surface area contributed by atoms with Crippen LogP contribution in [0.2, 0.25) is 0 Å².